The number of carbonyl (C=O) groups is 3. The molecule has 1 saturated heterocycles. The second-order valence-electron chi connectivity index (χ2n) is 24.3. The van der Waals surface area contributed by atoms with Crippen molar-refractivity contribution in [3.8, 4) is 17.3 Å². The van der Waals surface area contributed by atoms with Gasteiger partial charge in [0.25, 0.3) is 0 Å². The number of likely N-dealkylation sites (tertiary alicyclic amines) is 1. The first-order valence-corrected chi connectivity index (χ1v) is 25.7. The molecule has 9 rings (SSSR count). The van der Waals surface area contributed by atoms with Crippen LogP contribution in [0.25, 0.3) is 11.3 Å². The third-order valence-electron chi connectivity index (χ3n) is 21.0. The summed E-state index contributed by atoms with van der Waals surface area (Å²) in [5.74, 6) is 2.41. The Hall–Kier alpha value is -3.93. The van der Waals surface area contributed by atoms with E-state index in [-0.39, 0.29) is 63.5 Å². The number of nitriles is 1. The second kappa shape index (κ2) is 16.4. The highest BCUT2D eigenvalue weighted by Gasteiger charge is 2.72. The van der Waals surface area contributed by atoms with Crippen molar-refractivity contribution in [1.82, 2.24) is 14.9 Å². The topological polar surface area (TPSA) is 125 Å². The number of unbranched alkanes of at least 4 members (excludes halogenated alkanes) is 1. The number of H-pyrrole nitrogens is 1. The Morgan fingerprint density at radius 2 is 1.60 bits per heavy atom. The van der Waals surface area contributed by atoms with Gasteiger partial charge in [-0.2, -0.15) is 5.26 Å². The molecule has 1 amide bonds. The van der Waals surface area contributed by atoms with E-state index >= 15 is 4.79 Å². The van der Waals surface area contributed by atoms with Gasteiger partial charge in [0, 0.05) is 12.0 Å². The fourth-order valence-electron chi connectivity index (χ4n) is 17.0. The Labute approximate surface area is 389 Å². The van der Waals surface area contributed by atoms with Gasteiger partial charge in [0.1, 0.15) is 11.9 Å². The van der Waals surface area contributed by atoms with Gasteiger partial charge in [0.15, 0.2) is 0 Å². The Kier molecular flexibility index (Phi) is 11.7. The van der Waals surface area contributed by atoms with Gasteiger partial charge in [-0.15, -0.1) is 0 Å². The molecule has 2 heterocycles. The lowest BCUT2D eigenvalue weighted by Gasteiger charge is -2.73. The molecule has 2 aromatic rings. The number of hydrogen-bond donors (Lipinski definition) is 1. The number of amides is 1. The van der Waals surface area contributed by atoms with Crippen molar-refractivity contribution in [2.75, 3.05) is 13.2 Å². The highest BCUT2D eigenvalue weighted by molar-refractivity contribution is 5.85. The molecule has 7 aliphatic rings. The molecule has 13 atom stereocenters. The summed E-state index contributed by atoms with van der Waals surface area (Å²) in [6.45, 7) is 26.9. The van der Waals surface area contributed by atoms with Crippen LogP contribution in [0.4, 0.5) is 0 Å². The first-order valence-electron chi connectivity index (χ1n) is 25.7. The molecule has 6 aliphatic carbocycles. The first kappa shape index (κ1) is 46.2. The summed E-state index contributed by atoms with van der Waals surface area (Å²) in [5, 5.41) is 9.32. The maximum absolute atomic E-state index is 15.6. The van der Waals surface area contributed by atoms with E-state index in [0.29, 0.717) is 48.2 Å². The summed E-state index contributed by atoms with van der Waals surface area (Å²) in [6, 6.07) is 9.73. The number of ether oxygens (including phenoxy) is 2. The number of nitrogens with one attached hydrogen (secondary N) is 1. The molecule has 9 heteroatoms. The Bertz CT molecular complexity index is 2240. The van der Waals surface area contributed by atoms with Gasteiger partial charge in [-0.25, -0.2) is 4.98 Å². The van der Waals surface area contributed by atoms with Crippen molar-refractivity contribution in [3.05, 3.63) is 54.0 Å². The summed E-state index contributed by atoms with van der Waals surface area (Å²) in [7, 11) is 0. The van der Waals surface area contributed by atoms with E-state index in [4.69, 9.17) is 14.5 Å². The zero-order valence-electron chi connectivity index (χ0n) is 41.2. The van der Waals surface area contributed by atoms with Gasteiger partial charge in [-0.05, 0) is 166 Å². The monoisotopic (exact) mass is 887 g/mol. The van der Waals surface area contributed by atoms with Crippen LogP contribution in [0.15, 0.2) is 42.6 Å². The van der Waals surface area contributed by atoms with Crippen molar-refractivity contribution in [2.24, 2.45) is 73.9 Å². The van der Waals surface area contributed by atoms with Crippen LogP contribution in [0.5, 0.6) is 0 Å². The van der Waals surface area contributed by atoms with E-state index in [1.54, 1.807) is 0 Å². The summed E-state index contributed by atoms with van der Waals surface area (Å²) >= 11 is 0. The maximum Gasteiger partial charge on any atom is 0.309 e. The molecule has 0 radical (unpaired) electrons. The SMILES string of the molecule is C=C(C)[C@@H]1CC[C@]2(C(=O)N3CCCC3c3ncc(-c4ccc(C#N)cc4)[nH]3)CC[C@]3(C)[C@H](CC[C@@H]4[C@@]5(C)CC[C@H](OC(=O)[C@H]6C[C@@H](C(=O)OCCCC)C6(C)C)C(C)(C)[C@@H]5CC[C@]43C)[C@@H]12. The van der Waals surface area contributed by atoms with E-state index in [2.05, 4.69) is 71.0 Å². The zero-order chi connectivity index (χ0) is 46.5. The predicted molar refractivity (Wildman–Crippen MR) is 253 cm³/mol. The smallest absolute Gasteiger partial charge is 0.309 e. The van der Waals surface area contributed by atoms with Crippen LogP contribution in [0.2, 0.25) is 0 Å². The fourth-order valence-corrected chi connectivity index (χ4v) is 17.0. The number of imidazole rings is 1. The Morgan fingerprint density at radius 1 is 0.862 bits per heavy atom. The van der Waals surface area contributed by atoms with Gasteiger partial charge >= 0.3 is 11.9 Å². The molecular formula is C56H78N4O5. The molecule has 1 unspecified atom stereocenters. The van der Waals surface area contributed by atoms with Crippen LogP contribution in [0.1, 0.15) is 176 Å². The summed E-state index contributed by atoms with van der Waals surface area (Å²) in [5.41, 5.74) is 3.06. The summed E-state index contributed by atoms with van der Waals surface area (Å²) in [6.07, 6.45) is 16.5. The zero-order valence-corrected chi connectivity index (χ0v) is 41.2. The van der Waals surface area contributed by atoms with Gasteiger partial charge in [-0.3, -0.25) is 14.4 Å². The van der Waals surface area contributed by atoms with Crippen molar-refractivity contribution in [3.63, 3.8) is 0 Å². The van der Waals surface area contributed by atoms with E-state index < -0.39 is 10.8 Å². The molecule has 1 aromatic heterocycles. The van der Waals surface area contributed by atoms with Crippen LogP contribution in [0, 0.1) is 85.2 Å². The number of benzene rings is 1. The lowest BCUT2D eigenvalue weighted by molar-refractivity contribution is -0.251. The fraction of sp³-hybridized carbons (Fsp3) is 0.732. The molecule has 0 bridgehead atoms. The summed E-state index contributed by atoms with van der Waals surface area (Å²) < 4.78 is 12.2. The van der Waals surface area contributed by atoms with Crippen LogP contribution < -0.4 is 0 Å². The number of rotatable bonds is 10. The molecular weight excluding hydrogens is 809 g/mol. The number of aromatic nitrogens is 2. The number of carbonyl (C=O) groups excluding carboxylic acids is 3. The third-order valence-corrected chi connectivity index (χ3v) is 21.0. The Morgan fingerprint density at radius 3 is 2.29 bits per heavy atom. The van der Waals surface area contributed by atoms with Crippen molar-refractivity contribution < 1.29 is 23.9 Å². The quantitative estimate of drug-likeness (QED) is 0.143. The van der Waals surface area contributed by atoms with Gasteiger partial charge in [0.05, 0.1) is 53.4 Å². The molecule has 1 aromatic carbocycles. The van der Waals surface area contributed by atoms with Gasteiger partial charge < -0.3 is 19.4 Å². The van der Waals surface area contributed by atoms with Crippen molar-refractivity contribution >= 4 is 17.8 Å². The second-order valence-corrected chi connectivity index (χ2v) is 24.3. The van der Waals surface area contributed by atoms with Gasteiger partial charge in [-0.1, -0.05) is 86.1 Å². The maximum atomic E-state index is 15.6. The van der Waals surface area contributed by atoms with E-state index in [1.807, 2.05) is 44.3 Å². The number of hydrogen-bond acceptors (Lipinski definition) is 7. The highest BCUT2D eigenvalue weighted by Crippen LogP contribution is 2.78. The summed E-state index contributed by atoms with van der Waals surface area (Å²) in [4.78, 5) is 53.3. The minimum Gasteiger partial charge on any atom is -0.465 e. The minimum absolute atomic E-state index is 0.0701. The first-order chi connectivity index (χ1) is 30.8. The molecule has 9 nitrogen and oxygen atoms in total. The normalized spacial score (nSPS) is 39.9. The largest absolute Gasteiger partial charge is 0.465 e. The molecule has 352 valence electrons. The van der Waals surface area contributed by atoms with Crippen LogP contribution in [0.3, 0.4) is 0 Å². The number of allylic oxidation sites excluding steroid dienone is 1. The molecule has 7 fully saturated rings. The van der Waals surface area contributed by atoms with E-state index in [9.17, 15) is 14.9 Å². The van der Waals surface area contributed by atoms with Crippen molar-refractivity contribution in [1.29, 1.82) is 5.26 Å². The number of aromatic amines is 1. The minimum atomic E-state index is -0.479. The van der Waals surface area contributed by atoms with E-state index in [1.165, 1.54) is 12.0 Å². The van der Waals surface area contributed by atoms with Crippen LogP contribution in [-0.2, 0) is 23.9 Å². The molecule has 1 N–H and O–H groups in total. The molecule has 6 saturated carbocycles. The average Bonchev–Trinajstić information content (AvgIpc) is 4.04. The van der Waals surface area contributed by atoms with E-state index in [0.717, 1.165) is 107 Å². The molecule has 0 spiro atoms. The third kappa shape index (κ3) is 6.92. The van der Waals surface area contributed by atoms with Crippen LogP contribution >= 0.6 is 0 Å². The number of esters is 2. The predicted octanol–water partition coefficient (Wildman–Crippen LogP) is 12.2. The molecule has 1 aliphatic heterocycles. The average molecular weight is 887 g/mol. The van der Waals surface area contributed by atoms with Gasteiger partial charge in [0.2, 0.25) is 5.91 Å². The number of fused-ring (bicyclic) bond motifs is 7. The Balaban J connectivity index is 0.928. The standard InChI is InChI=1S/C56H78N4O5/c1-11-12-30-64-48(61)39-31-40(51(39,4)5)49(62)65-45-23-24-53(8)43(52(45,6)7)22-25-55(10)44(53)20-19-38-46-37(34(2)3)21-26-56(46,28-27-54(38,55)9)50(63)60-29-13-14-42(60)47-58-33-41(59-47)36-17-15-35(32-57)16-18-36/h15-18,33,37-40,42-46H,2,11-14,19-31H2,1,3-10H3,(H,58,59)/t37-,38+,39-,40+,42?,43-,44+,45-,46+,53-,54+,55+,56-/m0/s1. The van der Waals surface area contributed by atoms with Crippen molar-refractivity contribution in [2.45, 2.75) is 171 Å². The van der Waals surface area contributed by atoms with Crippen LogP contribution in [-0.4, -0.2) is 52.0 Å². The lowest BCUT2D eigenvalue weighted by atomic mass is 9.32. The molecule has 65 heavy (non-hydrogen) atoms. The highest BCUT2D eigenvalue weighted by atomic mass is 16.5. The lowest BCUT2D eigenvalue weighted by Crippen LogP contribution is -2.67. The number of nitrogens with zero attached hydrogens (tertiary/aromatic N) is 3.